The van der Waals surface area contributed by atoms with Crippen LogP contribution in [0.4, 0.5) is 5.69 Å². The molecule has 1 aromatic carbocycles. The Kier molecular flexibility index (Phi) is 6.43. The first kappa shape index (κ1) is 20.5. The molecule has 1 aliphatic carbocycles. The summed E-state index contributed by atoms with van der Waals surface area (Å²) < 4.78 is 7.05. The van der Waals surface area contributed by atoms with Gasteiger partial charge < -0.3 is 10.1 Å². The van der Waals surface area contributed by atoms with Gasteiger partial charge in [-0.2, -0.15) is 0 Å². The van der Waals surface area contributed by atoms with Gasteiger partial charge in [0.1, 0.15) is 11.6 Å². The number of carbonyl (C=O) groups excluding carboxylic acids is 2. The minimum atomic E-state index is -0.406. The lowest BCUT2D eigenvalue weighted by molar-refractivity contribution is -0.124. The van der Waals surface area contributed by atoms with Crippen molar-refractivity contribution in [3.63, 3.8) is 0 Å². The van der Waals surface area contributed by atoms with Crippen LogP contribution in [-0.2, 0) is 9.53 Å². The van der Waals surface area contributed by atoms with Crippen LogP contribution in [0.5, 0.6) is 0 Å². The summed E-state index contributed by atoms with van der Waals surface area (Å²) in [5.41, 5.74) is 2.88. The van der Waals surface area contributed by atoms with E-state index in [9.17, 15) is 9.59 Å². The largest absolute Gasteiger partial charge is 0.368 e. The SMILES string of the molecule is Cc1ccn(C(=O)c2cccc(NC(=O)[C@H]3CCCO3)c2)c(=NC2CCCCC2)c1. The Labute approximate surface area is 177 Å². The first-order chi connectivity index (χ1) is 14.6. The molecule has 2 aliphatic rings. The van der Waals surface area contributed by atoms with Gasteiger partial charge in [0.25, 0.3) is 11.8 Å². The summed E-state index contributed by atoms with van der Waals surface area (Å²) in [5, 5.41) is 2.87. The summed E-state index contributed by atoms with van der Waals surface area (Å²) in [6, 6.07) is 11.2. The maximum atomic E-state index is 13.3. The molecule has 1 N–H and O–H groups in total. The zero-order chi connectivity index (χ0) is 20.9. The highest BCUT2D eigenvalue weighted by molar-refractivity contribution is 5.99. The Hall–Kier alpha value is -2.73. The molecular weight excluding hydrogens is 378 g/mol. The highest BCUT2D eigenvalue weighted by Gasteiger charge is 2.23. The molecule has 1 amide bonds. The average molecular weight is 408 g/mol. The number of rotatable bonds is 4. The molecule has 6 heteroatoms. The second-order valence-electron chi connectivity index (χ2n) is 8.23. The van der Waals surface area contributed by atoms with Gasteiger partial charge in [0.15, 0.2) is 0 Å². The fourth-order valence-corrected chi connectivity index (χ4v) is 4.13. The molecule has 0 spiro atoms. The van der Waals surface area contributed by atoms with Gasteiger partial charge in [-0.15, -0.1) is 0 Å². The number of anilines is 1. The fraction of sp³-hybridized carbons (Fsp3) is 0.458. The Bertz CT molecular complexity index is 983. The molecule has 6 nitrogen and oxygen atoms in total. The van der Waals surface area contributed by atoms with Crippen LogP contribution in [-0.4, -0.2) is 35.1 Å². The number of carbonyl (C=O) groups is 2. The van der Waals surface area contributed by atoms with Crippen molar-refractivity contribution in [1.82, 2.24) is 4.57 Å². The quantitative estimate of drug-likeness (QED) is 0.837. The van der Waals surface area contributed by atoms with Gasteiger partial charge in [0, 0.05) is 24.1 Å². The van der Waals surface area contributed by atoms with Gasteiger partial charge in [-0.3, -0.25) is 19.1 Å². The molecule has 0 bridgehead atoms. The monoisotopic (exact) mass is 407 g/mol. The van der Waals surface area contributed by atoms with Crippen LogP contribution < -0.4 is 10.8 Å². The second-order valence-corrected chi connectivity index (χ2v) is 8.23. The van der Waals surface area contributed by atoms with Gasteiger partial charge in [-0.05, 0) is 68.5 Å². The molecule has 0 unspecified atom stereocenters. The lowest BCUT2D eigenvalue weighted by Gasteiger charge is -2.18. The van der Waals surface area contributed by atoms with Crippen LogP contribution in [0, 0.1) is 6.92 Å². The Balaban J connectivity index is 1.58. The van der Waals surface area contributed by atoms with Crippen molar-refractivity contribution in [3.8, 4) is 0 Å². The van der Waals surface area contributed by atoms with Crippen LogP contribution in [0.15, 0.2) is 47.6 Å². The number of nitrogens with one attached hydrogen (secondary N) is 1. The van der Waals surface area contributed by atoms with E-state index in [0.29, 0.717) is 23.3 Å². The number of hydrogen-bond acceptors (Lipinski definition) is 4. The van der Waals surface area contributed by atoms with Crippen molar-refractivity contribution in [2.45, 2.75) is 64.0 Å². The molecule has 30 heavy (non-hydrogen) atoms. The van der Waals surface area contributed by atoms with Crippen LogP contribution in [0.25, 0.3) is 0 Å². The maximum absolute atomic E-state index is 13.3. The van der Waals surface area contributed by atoms with Crippen LogP contribution in [0.1, 0.15) is 60.9 Å². The maximum Gasteiger partial charge on any atom is 0.263 e. The van der Waals surface area contributed by atoms with E-state index in [4.69, 9.17) is 9.73 Å². The van der Waals surface area contributed by atoms with Gasteiger partial charge >= 0.3 is 0 Å². The highest BCUT2D eigenvalue weighted by Crippen LogP contribution is 2.20. The second kappa shape index (κ2) is 9.39. The van der Waals surface area contributed by atoms with E-state index in [0.717, 1.165) is 31.2 Å². The third-order valence-corrected chi connectivity index (χ3v) is 5.80. The summed E-state index contributed by atoms with van der Waals surface area (Å²) in [6.45, 7) is 2.63. The third-order valence-electron chi connectivity index (χ3n) is 5.80. The van der Waals surface area contributed by atoms with Crippen molar-refractivity contribution in [2.75, 3.05) is 11.9 Å². The number of aromatic nitrogens is 1. The molecular formula is C24H29N3O3. The number of benzene rings is 1. The summed E-state index contributed by atoms with van der Waals surface area (Å²) in [5.74, 6) is -0.314. The van der Waals surface area contributed by atoms with Crippen LogP contribution >= 0.6 is 0 Å². The lowest BCUT2D eigenvalue weighted by Crippen LogP contribution is -2.30. The number of nitrogens with zero attached hydrogens (tertiary/aromatic N) is 2. The van der Waals surface area contributed by atoms with Gasteiger partial charge in [-0.1, -0.05) is 25.3 Å². The first-order valence-electron chi connectivity index (χ1n) is 10.9. The minimum absolute atomic E-state index is 0.155. The Morgan fingerprint density at radius 2 is 1.90 bits per heavy atom. The number of amides is 1. The van der Waals surface area contributed by atoms with E-state index in [1.54, 1.807) is 35.0 Å². The lowest BCUT2D eigenvalue weighted by atomic mass is 9.96. The minimum Gasteiger partial charge on any atom is -0.368 e. The molecule has 158 valence electrons. The summed E-state index contributed by atoms with van der Waals surface area (Å²) in [7, 11) is 0. The predicted molar refractivity (Wildman–Crippen MR) is 115 cm³/mol. The number of aryl methyl sites for hydroxylation is 1. The van der Waals surface area contributed by atoms with Crippen molar-refractivity contribution < 1.29 is 14.3 Å². The van der Waals surface area contributed by atoms with E-state index in [1.165, 1.54) is 19.3 Å². The molecule has 2 fully saturated rings. The highest BCUT2D eigenvalue weighted by atomic mass is 16.5. The van der Waals surface area contributed by atoms with Gasteiger partial charge in [0.05, 0.1) is 6.04 Å². The number of hydrogen-bond donors (Lipinski definition) is 1. The van der Waals surface area contributed by atoms with Crippen LogP contribution in [0.2, 0.25) is 0 Å². The van der Waals surface area contributed by atoms with E-state index < -0.39 is 6.10 Å². The molecule has 4 rings (SSSR count). The predicted octanol–water partition coefficient (Wildman–Crippen LogP) is 3.84. The van der Waals surface area contributed by atoms with Crippen molar-refractivity contribution in [3.05, 3.63) is 59.2 Å². The smallest absolute Gasteiger partial charge is 0.263 e. The number of ether oxygens (including phenoxy) is 1. The van der Waals surface area contributed by atoms with E-state index in [-0.39, 0.29) is 17.9 Å². The number of pyridine rings is 1. The van der Waals surface area contributed by atoms with Crippen molar-refractivity contribution in [2.24, 2.45) is 4.99 Å². The van der Waals surface area contributed by atoms with Gasteiger partial charge in [0.2, 0.25) is 0 Å². The summed E-state index contributed by atoms with van der Waals surface area (Å²) in [4.78, 5) is 30.5. The Morgan fingerprint density at radius 3 is 2.67 bits per heavy atom. The van der Waals surface area contributed by atoms with Crippen LogP contribution in [0.3, 0.4) is 0 Å². The van der Waals surface area contributed by atoms with Crippen molar-refractivity contribution >= 4 is 17.5 Å². The molecule has 1 aliphatic heterocycles. The topological polar surface area (TPSA) is 72.7 Å². The summed E-state index contributed by atoms with van der Waals surface area (Å²) >= 11 is 0. The normalized spacial score (nSPS) is 20.3. The zero-order valence-corrected chi connectivity index (χ0v) is 17.5. The molecule has 1 atom stereocenters. The van der Waals surface area contributed by atoms with E-state index in [1.807, 2.05) is 19.1 Å². The molecule has 2 aromatic rings. The van der Waals surface area contributed by atoms with Gasteiger partial charge in [-0.25, -0.2) is 0 Å². The average Bonchev–Trinajstić information content (AvgIpc) is 3.30. The summed E-state index contributed by atoms with van der Waals surface area (Å²) in [6.07, 6.45) is 8.82. The molecule has 2 heterocycles. The molecule has 1 saturated heterocycles. The zero-order valence-electron chi connectivity index (χ0n) is 17.5. The molecule has 1 aromatic heterocycles. The molecule has 0 radical (unpaired) electrons. The molecule has 1 saturated carbocycles. The van der Waals surface area contributed by atoms with E-state index in [2.05, 4.69) is 5.32 Å². The third kappa shape index (κ3) is 4.87. The standard InChI is InChI=1S/C24H29N3O3/c1-17-12-13-27(22(15-17)25-19-8-3-2-4-9-19)24(29)18-7-5-10-20(16-18)26-23(28)21-11-6-14-30-21/h5,7,10,12-13,15-16,19,21H,2-4,6,8-9,11,14H2,1H3,(H,26,28)/t21-/m1/s1. The fourth-order valence-electron chi connectivity index (χ4n) is 4.13. The Morgan fingerprint density at radius 1 is 1.07 bits per heavy atom. The first-order valence-corrected chi connectivity index (χ1v) is 10.9. The van der Waals surface area contributed by atoms with E-state index >= 15 is 0 Å². The van der Waals surface area contributed by atoms with Crippen molar-refractivity contribution in [1.29, 1.82) is 0 Å².